The molecule has 1 rings (SSSR count). The van der Waals surface area contributed by atoms with Crippen molar-refractivity contribution in [2.75, 3.05) is 6.61 Å². The van der Waals surface area contributed by atoms with Gasteiger partial charge in [0.15, 0.2) is 0 Å². The van der Waals surface area contributed by atoms with Crippen LogP contribution in [0.3, 0.4) is 0 Å². The third-order valence-corrected chi connectivity index (χ3v) is 3.84. The fourth-order valence-corrected chi connectivity index (χ4v) is 2.72. The fourth-order valence-electron chi connectivity index (χ4n) is 2.72. The highest BCUT2D eigenvalue weighted by molar-refractivity contribution is 5.69. The molecule has 0 unspecified atom stereocenters. The maximum Gasteiger partial charge on any atom is 0.306 e. The molecule has 0 spiro atoms. The summed E-state index contributed by atoms with van der Waals surface area (Å²) in [5.74, 6) is -0.833. The molecule has 0 aromatic heterocycles. The van der Waals surface area contributed by atoms with Crippen LogP contribution in [0.25, 0.3) is 0 Å². The number of hydrogen-bond acceptors (Lipinski definition) is 6. The first-order valence-electron chi connectivity index (χ1n) is 8.47. The Hall–Kier alpha value is -1.59. The summed E-state index contributed by atoms with van der Waals surface area (Å²) < 4.78 is 15.5. The Morgan fingerprint density at radius 3 is 2.30 bits per heavy atom. The Morgan fingerprint density at radius 2 is 1.70 bits per heavy atom. The second kappa shape index (κ2) is 11.0. The molecular formula is C17H28O6. The van der Waals surface area contributed by atoms with Crippen LogP contribution < -0.4 is 0 Å². The summed E-state index contributed by atoms with van der Waals surface area (Å²) in [5, 5.41) is 0. The van der Waals surface area contributed by atoms with Crippen LogP contribution >= 0.6 is 0 Å². The second-order valence-electron chi connectivity index (χ2n) is 6.00. The molecule has 0 amide bonds. The van der Waals surface area contributed by atoms with Crippen molar-refractivity contribution >= 4 is 17.9 Å². The minimum Gasteiger partial charge on any atom is -0.466 e. The molecule has 0 saturated heterocycles. The van der Waals surface area contributed by atoms with Crippen molar-refractivity contribution in [3.63, 3.8) is 0 Å². The van der Waals surface area contributed by atoms with Crippen molar-refractivity contribution < 1.29 is 28.6 Å². The van der Waals surface area contributed by atoms with Gasteiger partial charge in [-0.15, -0.1) is 0 Å². The van der Waals surface area contributed by atoms with E-state index in [0.717, 1.165) is 32.1 Å². The molecule has 132 valence electrons. The summed E-state index contributed by atoms with van der Waals surface area (Å²) in [6.07, 6.45) is 7.07. The van der Waals surface area contributed by atoms with Gasteiger partial charge in [0.2, 0.25) is 0 Å². The highest BCUT2D eigenvalue weighted by Gasteiger charge is 2.19. The van der Waals surface area contributed by atoms with Crippen LogP contribution in [0, 0.1) is 0 Å². The second-order valence-corrected chi connectivity index (χ2v) is 6.00. The lowest BCUT2D eigenvalue weighted by atomic mass is 10.1. The Morgan fingerprint density at radius 1 is 1.00 bits per heavy atom. The molecule has 1 atom stereocenters. The SMILES string of the molecule is CC(=O)OCC[C@@H](CCCCC(=O)OC1CCCC1)OC(C)=O. The third kappa shape index (κ3) is 9.92. The molecule has 0 bridgehead atoms. The largest absolute Gasteiger partial charge is 0.466 e. The van der Waals surface area contributed by atoms with Crippen molar-refractivity contribution in [2.45, 2.75) is 83.8 Å². The van der Waals surface area contributed by atoms with E-state index in [9.17, 15) is 14.4 Å². The van der Waals surface area contributed by atoms with Gasteiger partial charge in [-0.1, -0.05) is 0 Å². The fraction of sp³-hybridized carbons (Fsp3) is 0.824. The van der Waals surface area contributed by atoms with E-state index < -0.39 is 0 Å². The first-order valence-corrected chi connectivity index (χ1v) is 8.47. The zero-order chi connectivity index (χ0) is 17.1. The van der Waals surface area contributed by atoms with E-state index in [1.165, 1.54) is 13.8 Å². The van der Waals surface area contributed by atoms with Crippen LogP contribution in [0.1, 0.15) is 71.6 Å². The van der Waals surface area contributed by atoms with E-state index in [-0.39, 0.29) is 36.7 Å². The van der Waals surface area contributed by atoms with Crippen LogP contribution in [0.4, 0.5) is 0 Å². The number of esters is 3. The molecule has 1 saturated carbocycles. The average molecular weight is 328 g/mol. The maximum absolute atomic E-state index is 11.7. The average Bonchev–Trinajstić information content (AvgIpc) is 2.95. The van der Waals surface area contributed by atoms with Crippen LogP contribution in [0.2, 0.25) is 0 Å². The zero-order valence-corrected chi connectivity index (χ0v) is 14.2. The number of unbranched alkanes of at least 4 members (excludes halogenated alkanes) is 1. The molecule has 0 radical (unpaired) electrons. The smallest absolute Gasteiger partial charge is 0.306 e. The Bertz CT molecular complexity index is 387. The first-order chi connectivity index (χ1) is 11.0. The van der Waals surface area contributed by atoms with Crippen LogP contribution in [-0.4, -0.2) is 36.7 Å². The number of rotatable bonds is 10. The predicted octanol–water partition coefficient (Wildman–Crippen LogP) is 2.92. The lowest BCUT2D eigenvalue weighted by Crippen LogP contribution is -2.19. The summed E-state index contributed by atoms with van der Waals surface area (Å²) in [4.78, 5) is 33.5. The Balaban J connectivity index is 2.15. The number of ether oxygens (including phenoxy) is 3. The highest BCUT2D eigenvalue weighted by Crippen LogP contribution is 2.21. The molecule has 23 heavy (non-hydrogen) atoms. The Kier molecular flexibility index (Phi) is 9.33. The molecule has 1 aliphatic rings. The quantitative estimate of drug-likeness (QED) is 0.348. The van der Waals surface area contributed by atoms with E-state index in [0.29, 0.717) is 25.7 Å². The van der Waals surface area contributed by atoms with Gasteiger partial charge in [0.05, 0.1) is 6.61 Å². The van der Waals surface area contributed by atoms with Gasteiger partial charge in [-0.2, -0.15) is 0 Å². The number of hydrogen-bond donors (Lipinski definition) is 0. The number of carbonyl (C=O) groups excluding carboxylic acids is 3. The van der Waals surface area contributed by atoms with E-state index in [1.54, 1.807) is 0 Å². The normalized spacial score (nSPS) is 15.9. The van der Waals surface area contributed by atoms with Crippen LogP contribution in [-0.2, 0) is 28.6 Å². The zero-order valence-electron chi connectivity index (χ0n) is 14.2. The maximum atomic E-state index is 11.7. The van der Waals surface area contributed by atoms with Crippen LogP contribution in [0.15, 0.2) is 0 Å². The van der Waals surface area contributed by atoms with Gasteiger partial charge >= 0.3 is 17.9 Å². The molecule has 0 N–H and O–H groups in total. The third-order valence-electron chi connectivity index (χ3n) is 3.84. The molecule has 1 aliphatic carbocycles. The topological polar surface area (TPSA) is 78.9 Å². The van der Waals surface area contributed by atoms with Crippen molar-refractivity contribution in [3.8, 4) is 0 Å². The monoisotopic (exact) mass is 328 g/mol. The first kappa shape index (κ1) is 19.5. The summed E-state index contributed by atoms with van der Waals surface area (Å²) >= 11 is 0. The molecule has 0 aliphatic heterocycles. The molecule has 6 heteroatoms. The van der Waals surface area contributed by atoms with Crippen LogP contribution in [0.5, 0.6) is 0 Å². The van der Waals surface area contributed by atoms with Crippen molar-refractivity contribution in [1.82, 2.24) is 0 Å². The lowest BCUT2D eigenvalue weighted by Gasteiger charge is -2.17. The Labute approximate surface area is 137 Å². The predicted molar refractivity (Wildman–Crippen MR) is 83.6 cm³/mol. The van der Waals surface area contributed by atoms with Gasteiger partial charge in [0, 0.05) is 26.7 Å². The number of carbonyl (C=O) groups is 3. The van der Waals surface area contributed by atoms with E-state index in [4.69, 9.17) is 14.2 Å². The summed E-state index contributed by atoms with van der Waals surface area (Å²) in [6.45, 7) is 2.94. The van der Waals surface area contributed by atoms with Gasteiger partial charge in [0.25, 0.3) is 0 Å². The standard InChI is InChI=1S/C17H28O6/c1-13(18)21-12-11-16(22-14(2)19)9-5-6-10-17(20)23-15-7-3-4-8-15/h15-16H,3-12H2,1-2H3/t16-/m1/s1. The molecular weight excluding hydrogens is 300 g/mol. The molecule has 0 aromatic rings. The van der Waals surface area contributed by atoms with Gasteiger partial charge in [-0.05, 0) is 44.9 Å². The van der Waals surface area contributed by atoms with Crippen molar-refractivity contribution in [1.29, 1.82) is 0 Å². The molecule has 6 nitrogen and oxygen atoms in total. The summed E-state index contributed by atoms with van der Waals surface area (Å²) in [5.41, 5.74) is 0. The van der Waals surface area contributed by atoms with Gasteiger partial charge < -0.3 is 14.2 Å². The van der Waals surface area contributed by atoms with Gasteiger partial charge in [0.1, 0.15) is 12.2 Å². The van der Waals surface area contributed by atoms with Crippen molar-refractivity contribution in [3.05, 3.63) is 0 Å². The van der Waals surface area contributed by atoms with Crippen molar-refractivity contribution in [2.24, 2.45) is 0 Å². The molecule has 0 aromatic carbocycles. The highest BCUT2D eigenvalue weighted by atomic mass is 16.6. The van der Waals surface area contributed by atoms with E-state index in [2.05, 4.69) is 0 Å². The minimum atomic E-state index is -0.349. The van der Waals surface area contributed by atoms with E-state index >= 15 is 0 Å². The summed E-state index contributed by atoms with van der Waals surface area (Å²) in [6, 6.07) is 0. The van der Waals surface area contributed by atoms with Gasteiger partial charge in [-0.3, -0.25) is 14.4 Å². The summed E-state index contributed by atoms with van der Waals surface area (Å²) in [7, 11) is 0. The minimum absolute atomic E-state index is 0.111. The molecule has 0 heterocycles. The lowest BCUT2D eigenvalue weighted by molar-refractivity contribution is -0.151. The van der Waals surface area contributed by atoms with E-state index in [1.807, 2.05) is 0 Å². The molecule has 1 fully saturated rings. The van der Waals surface area contributed by atoms with Gasteiger partial charge in [-0.25, -0.2) is 0 Å².